The topological polar surface area (TPSA) is 104 Å². The van der Waals surface area contributed by atoms with Gasteiger partial charge in [-0.2, -0.15) is 4.99 Å². The zero-order valence-corrected chi connectivity index (χ0v) is 17.8. The van der Waals surface area contributed by atoms with Gasteiger partial charge in [-0.05, 0) is 26.0 Å². The molecular weight excluding hydrogens is 382 g/mol. The second kappa shape index (κ2) is 9.21. The highest BCUT2D eigenvalue weighted by Gasteiger charge is 2.11. The van der Waals surface area contributed by atoms with Crippen molar-refractivity contribution in [3.63, 3.8) is 0 Å². The maximum absolute atomic E-state index is 6.05. The summed E-state index contributed by atoms with van der Waals surface area (Å²) >= 11 is 0. The van der Waals surface area contributed by atoms with Gasteiger partial charge in [0.05, 0.1) is 44.6 Å². The first-order chi connectivity index (χ1) is 14.4. The molecule has 0 fully saturated rings. The molecule has 0 aliphatic carbocycles. The molecule has 0 amide bonds. The molecule has 0 atom stereocenters. The van der Waals surface area contributed by atoms with E-state index in [-0.39, 0.29) is 6.54 Å². The van der Waals surface area contributed by atoms with Crippen LogP contribution in [-0.4, -0.2) is 49.9 Å². The molecule has 30 heavy (non-hydrogen) atoms. The zero-order valence-electron chi connectivity index (χ0n) is 17.8. The molecule has 3 rings (SSSR count). The largest absolute Gasteiger partial charge is 0.496 e. The standard InChI is InChI=1S/C22H25N5O3/c1-13-6-7-18-16(8-13)14(2)25-22(26-18)27-21(23)12-24-11-17-19(29-4)9-15(28-3)10-20(17)30-5/h6-11H,12H2,1-5H3,(H2,23,25,26,27). The van der Waals surface area contributed by atoms with E-state index in [1.165, 1.54) is 0 Å². The number of nitrogens with zero attached hydrogens (tertiary/aromatic N) is 4. The van der Waals surface area contributed by atoms with Crippen molar-refractivity contribution in [2.24, 2.45) is 15.7 Å². The number of fused-ring (bicyclic) bond motifs is 1. The molecule has 0 spiro atoms. The van der Waals surface area contributed by atoms with Crippen molar-refractivity contribution >= 4 is 28.9 Å². The Morgan fingerprint density at radius 3 is 2.33 bits per heavy atom. The van der Waals surface area contributed by atoms with E-state index in [1.54, 1.807) is 39.7 Å². The molecule has 1 aromatic heterocycles. The second-order valence-electron chi connectivity index (χ2n) is 6.65. The van der Waals surface area contributed by atoms with Crippen molar-refractivity contribution in [2.75, 3.05) is 27.9 Å². The van der Waals surface area contributed by atoms with E-state index in [4.69, 9.17) is 19.9 Å². The molecule has 0 aliphatic rings. The summed E-state index contributed by atoms with van der Waals surface area (Å²) in [6.07, 6.45) is 1.63. The van der Waals surface area contributed by atoms with E-state index in [0.29, 0.717) is 34.6 Å². The summed E-state index contributed by atoms with van der Waals surface area (Å²) in [4.78, 5) is 17.6. The Kier molecular flexibility index (Phi) is 6.46. The monoisotopic (exact) mass is 407 g/mol. The van der Waals surface area contributed by atoms with E-state index in [2.05, 4.69) is 26.0 Å². The van der Waals surface area contributed by atoms with Crippen LogP contribution >= 0.6 is 0 Å². The van der Waals surface area contributed by atoms with E-state index >= 15 is 0 Å². The van der Waals surface area contributed by atoms with Crippen molar-refractivity contribution in [1.82, 2.24) is 9.97 Å². The minimum atomic E-state index is 0.173. The van der Waals surface area contributed by atoms with E-state index < -0.39 is 0 Å². The third-order valence-electron chi connectivity index (χ3n) is 4.50. The Balaban J connectivity index is 1.82. The first kappa shape index (κ1) is 21.0. The smallest absolute Gasteiger partial charge is 0.251 e. The van der Waals surface area contributed by atoms with Crippen molar-refractivity contribution < 1.29 is 14.2 Å². The number of nitrogens with two attached hydrogens (primary N) is 1. The molecule has 2 aromatic carbocycles. The molecule has 2 N–H and O–H groups in total. The summed E-state index contributed by atoms with van der Waals surface area (Å²) in [5.41, 5.74) is 9.57. The van der Waals surface area contributed by atoms with Gasteiger partial charge in [-0.15, -0.1) is 0 Å². The number of aryl methyl sites for hydroxylation is 2. The van der Waals surface area contributed by atoms with Gasteiger partial charge >= 0.3 is 0 Å². The fraction of sp³-hybridized carbons (Fsp3) is 0.273. The SMILES string of the molecule is COc1cc(OC)c(C=NCC(N)=Nc2nc(C)c3cc(C)ccc3n2)c(OC)c1. The summed E-state index contributed by atoms with van der Waals surface area (Å²) < 4.78 is 16.1. The van der Waals surface area contributed by atoms with Gasteiger partial charge in [0, 0.05) is 23.7 Å². The van der Waals surface area contributed by atoms with Gasteiger partial charge in [-0.25, -0.2) is 9.97 Å². The zero-order chi connectivity index (χ0) is 21.7. The van der Waals surface area contributed by atoms with Crippen molar-refractivity contribution in [1.29, 1.82) is 0 Å². The van der Waals surface area contributed by atoms with Gasteiger partial charge in [0.1, 0.15) is 23.1 Å². The first-order valence-electron chi connectivity index (χ1n) is 9.33. The number of hydrogen-bond acceptors (Lipinski definition) is 7. The molecule has 8 nitrogen and oxygen atoms in total. The fourth-order valence-corrected chi connectivity index (χ4v) is 2.98. The number of rotatable bonds is 7. The van der Waals surface area contributed by atoms with Crippen LogP contribution in [0.1, 0.15) is 16.8 Å². The minimum absolute atomic E-state index is 0.173. The van der Waals surface area contributed by atoms with Crippen LogP contribution in [0.2, 0.25) is 0 Å². The lowest BCUT2D eigenvalue weighted by molar-refractivity contribution is 0.374. The number of methoxy groups -OCH3 is 3. The number of benzene rings is 2. The van der Waals surface area contributed by atoms with Crippen LogP contribution in [0.15, 0.2) is 40.3 Å². The quantitative estimate of drug-likeness (QED) is 0.476. The normalized spacial score (nSPS) is 11.8. The predicted octanol–water partition coefficient (Wildman–Crippen LogP) is 3.38. The molecule has 0 saturated carbocycles. The molecule has 0 bridgehead atoms. The average Bonchev–Trinajstić information content (AvgIpc) is 2.74. The Bertz CT molecular complexity index is 1100. The van der Waals surface area contributed by atoms with E-state index in [9.17, 15) is 0 Å². The molecule has 0 radical (unpaired) electrons. The van der Waals surface area contributed by atoms with Gasteiger partial charge in [-0.3, -0.25) is 4.99 Å². The Morgan fingerprint density at radius 1 is 1.00 bits per heavy atom. The summed E-state index contributed by atoms with van der Waals surface area (Å²) in [6.45, 7) is 4.14. The van der Waals surface area contributed by atoms with Gasteiger partial charge in [0.15, 0.2) is 0 Å². The lowest BCUT2D eigenvalue weighted by Gasteiger charge is -2.12. The van der Waals surface area contributed by atoms with Crippen LogP contribution in [0.5, 0.6) is 17.2 Å². The molecule has 0 unspecified atom stereocenters. The summed E-state index contributed by atoms with van der Waals surface area (Å²) in [5, 5.41) is 1.00. The van der Waals surface area contributed by atoms with Crippen LogP contribution in [-0.2, 0) is 0 Å². The van der Waals surface area contributed by atoms with Gasteiger partial charge in [0.25, 0.3) is 5.95 Å². The Morgan fingerprint density at radius 2 is 1.70 bits per heavy atom. The lowest BCUT2D eigenvalue weighted by Crippen LogP contribution is -2.15. The van der Waals surface area contributed by atoms with Crippen molar-refractivity contribution in [3.05, 3.63) is 47.2 Å². The molecule has 156 valence electrons. The van der Waals surface area contributed by atoms with Gasteiger partial charge in [-0.1, -0.05) is 11.6 Å². The fourth-order valence-electron chi connectivity index (χ4n) is 2.98. The maximum Gasteiger partial charge on any atom is 0.251 e. The number of aromatic nitrogens is 2. The van der Waals surface area contributed by atoms with Crippen molar-refractivity contribution in [3.8, 4) is 17.2 Å². The maximum atomic E-state index is 6.05. The van der Waals surface area contributed by atoms with Crippen LogP contribution in [0.3, 0.4) is 0 Å². The van der Waals surface area contributed by atoms with Gasteiger partial charge < -0.3 is 19.9 Å². The number of aliphatic imine (C=N–C) groups is 2. The third-order valence-corrected chi connectivity index (χ3v) is 4.50. The van der Waals surface area contributed by atoms with Gasteiger partial charge in [0.2, 0.25) is 0 Å². The summed E-state index contributed by atoms with van der Waals surface area (Å²) in [6, 6.07) is 9.53. The minimum Gasteiger partial charge on any atom is -0.496 e. The molecule has 0 saturated heterocycles. The second-order valence-corrected chi connectivity index (χ2v) is 6.65. The molecule has 3 aromatic rings. The van der Waals surface area contributed by atoms with E-state index in [1.807, 2.05) is 26.0 Å². The molecule has 8 heteroatoms. The summed E-state index contributed by atoms with van der Waals surface area (Å²) in [5.74, 6) is 2.39. The number of hydrogen-bond donors (Lipinski definition) is 1. The number of ether oxygens (including phenoxy) is 3. The lowest BCUT2D eigenvalue weighted by atomic mass is 10.1. The first-order valence-corrected chi connectivity index (χ1v) is 9.33. The summed E-state index contributed by atoms with van der Waals surface area (Å²) in [7, 11) is 4.72. The van der Waals surface area contributed by atoms with Crippen LogP contribution in [0, 0.1) is 13.8 Å². The number of amidine groups is 1. The Hall–Kier alpha value is -3.68. The van der Waals surface area contributed by atoms with E-state index in [0.717, 1.165) is 22.2 Å². The third kappa shape index (κ3) is 4.65. The highest BCUT2D eigenvalue weighted by molar-refractivity contribution is 5.91. The van der Waals surface area contributed by atoms with Crippen LogP contribution in [0.25, 0.3) is 10.9 Å². The van der Waals surface area contributed by atoms with Crippen LogP contribution in [0.4, 0.5) is 5.95 Å². The molecule has 1 heterocycles. The average molecular weight is 407 g/mol. The molecular formula is C22H25N5O3. The predicted molar refractivity (Wildman–Crippen MR) is 119 cm³/mol. The molecule has 0 aliphatic heterocycles. The Labute approximate surface area is 175 Å². The highest BCUT2D eigenvalue weighted by atomic mass is 16.5. The highest BCUT2D eigenvalue weighted by Crippen LogP contribution is 2.32. The van der Waals surface area contributed by atoms with Crippen LogP contribution < -0.4 is 19.9 Å². The van der Waals surface area contributed by atoms with Crippen molar-refractivity contribution in [2.45, 2.75) is 13.8 Å².